The fourth-order valence-corrected chi connectivity index (χ4v) is 3.44. The largest absolute Gasteiger partial charge is 0.462 e. The molecule has 0 N–H and O–H groups in total. The minimum atomic E-state index is -0.350. The number of benzene rings is 1. The van der Waals surface area contributed by atoms with Crippen molar-refractivity contribution in [2.45, 2.75) is 13.0 Å². The van der Waals surface area contributed by atoms with Gasteiger partial charge in [-0.2, -0.15) is 0 Å². The standard InChI is InChI=1S/C23H28FN3O3/c1-3-30-23(28)19-7-11-22(25-16-19)27-14-12-26(13-15-27)21(17-29-2)10-6-18-4-8-20(24)9-5-18/h4-11,16,21H,3,12-15,17H2,1-2H3. The summed E-state index contributed by atoms with van der Waals surface area (Å²) in [5, 5.41) is 0. The van der Waals surface area contributed by atoms with Crippen LogP contribution in [0.4, 0.5) is 10.2 Å². The minimum Gasteiger partial charge on any atom is -0.462 e. The van der Waals surface area contributed by atoms with Crippen LogP contribution in [0.5, 0.6) is 0 Å². The van der Waals surface area contributed by atoms with E-state index in [1.54, 1.807) is 38.4 Å². The van der Waals surface area contributed by atoms with Crippen LogP contribution in [-0.4, -0.2) is 68.4 Å². The molecule has 160 valence electrons. The van der Waals surface area contributed by atoms with E-state index in [4.69, 9.17) is 9.47 Å². The van der Waals surface area contributed by atoms with E-state index in [1.165, 1.54) is 12.1 Å². The fourth-order valence-electron chi connectivity index (χ4n) is 3.44. The lowest BCUT2D eigenvalue weighted by molar-refractivity contribution is 0.0526. The molecule has 0 aliphatic carbocycles. The first-order valence-electron chi connectivity index (χ1n) is 10.2. The molecule has 1 aliphatic heterocycles. The average Bonchev–Trinajstić information content (AvgIpc) is 2.78. The molecule has 1 fully saturated rings. The highest BCUT2D eigenvalue weighted by molar-refractivity contribution is 5.89. The number of rotatable bonds is 8. The third-order valence-corrected chi connectivity index (χ3v) is 5.08. The summed E-state index contributed by atoms with van der Waals surface area (Å²) in [4.78, 5) is 20.8. The predicted molar refractivity (Wildman–Crippen MR) is 115 cm³/mol. The molecule has 0 spiro atoms. The van der Waals surface area contributed by atoms with Gasteiger partial charge in [-0.1, -0.05) is 24.3 Å². The molecule has 3 rings (SSSR count). The van der Waals surface area contributed by atoms with Crippen molar-refractivity contribution in [3.05, 3.63) is 65.6 Å². The molecule has 1 aromatic carbocycles. The van der Waals surface area contributed by atoms with Gasteiger partial charge in [0, 0.05) is 39.5 Å². The number of carbonyl (C=O) groups is 1. The second-order valence-corrected chi connectivity index (χ2v) is 7.08. The lowest BCUT2D eigenvalue weighted by atomic mass is 10.1. The van der Waals surface area contributed by atoms with Crippen molar-refractivity contribution in [3.63, 3.8) is 0 Å². The average molecular weight is 413 g/mol. The van der Waals surface area contributed by atoms with Gasteiger partial charge in [0.05, 0.1) is 24.8 Å². The van der Waals surface area contributed by atoms with Gasteiger partial charge in [-0.25, -0.2) is 14.2 Å². The van der Waals surface area contributed by atoms with Crippen molar-refractivity contribution in [1.82, 2.24) is 9.88 Å². The Morgan fingerprint density at radius 2 is 1.90 bits per heavy atom. The van der Waals surface area contributed by atoms with Gasteiger partial charge < -0.3 is 14.4 Å². The number of hydrogen-bond acceptors (Lipinski definition) is 6. The number of nitrogens with zero attached hydrogens (tertiary/aromatic N) is 3. The Hall–Kier alpha value is -2.77. The fraction of sp³-hybridized carbons (Fsp3) is 0.391. The zero-order valence-electron chi connectivity index (χ0n) is 17.5. The molecule has 0 amide bonds. The molecule has 0 saturated carbocycles. The number of halogens is 1. The number of pyridine rings is 1. The first-order valence-corrected chi connectivity index (χ1v) is 10.2. The van der Waals surface area contributed by atoms with Crippen LogP contribution in [0.3, 0.4) is 0 Å². The third kappa shape index (κ3) is 5.87. The Morgan fingerprint density at radius 3 is 2.50 bits per heavy atom. The Kier molecular flexibility index (Phi) is 7.93. The molecule has 1 aliphatic rings. The molecule has 2 aromatic rings. The molecule has 1 aromatic heterocycles. The van der Waals surface area contributed by atoms with Crippen molar-refractivity contribution in [3.8, 4) is 0 Å². The first kappa shape index (κ1) is 21.9. The summed E-state index contributed by atoms with van der Waals surface area (Å²) >= 11 is 0. The summed E-state index contributed by atoms with van der Waals surface area (Å²) in [5.74, 6) is 0.269. The van der Waals surface area contributed by atoms with Gasteiger partial charge in [0.25, 0.3) is 0 Å². The van der Waals surface area contributed by atoms with Crippen molar-refractivity contribution < 1.29 is 18.7 Å². The van der Waals surface area contributed by atoms with Crippen LogP contribution in [0.25, 0.3) is 6.08 Å². The Balaban J connectivity index is 1.58. The Morgan fingerprint density at radius 1 is 1.17 bits per heavy atom. The topological polar surface area (TPSA) is 54.9 Å². The minimum absolute atomic E-state index is 0.140. The van der Waals surface area contributed by atoms with Crippen LogP contribution in [0, 0.1) is 5.82 Å². The summed E-state index contributed by atoms with van der Waals surface area (Å²) in [6.07, 6.45) is 5.68. The second kappa shape index (κ2) is 10.8. The maximum atomic E-state index is 13.1. The van der Waals surface area contributed by atoms with Crippen LogP contribution < -0.4 is 4.90 Å². The maximum absolute atomic E-state index is 13.1. The monoisotopic (exact) mass is 413 g/mol. The van der Waals surface area contributed by atoms with Gasteiger partial charge in [-0.3, -0.25) is 4.90 Å². The maximum Gasteiger partial charge on any atom is 0.339 e. The second-order valence-electron chi connectivity index (χ2n) is 7.08. The molecule has 7 heteroatoms. The highest BCUT2D eigenvalue weighted by Crippen LogP contribution is 2.17. The van der Waals surface area contributed by atoms with Crippen LogP contribution in [0.15, 0.2) is 48.7 Å². The number of carbonyl (C=O) groups excluding carboxylic acids is 1. The van der Waals surface area contributed by atoms with E-state index >= 15 is 0 Å². The summed E-state index contributed by atoms with van der Waals surface area (Å²) in [5.41, 5.74) is 1.42. The van der Waals surface area contributed by atoms with E-state index in [0.717, 1.165) is 37.6 Å². The van der Waals surface area contributed by atoms with Crippen molar-refractivity contribution in [2.75, 3.05) is 51.4 Å². The lowest BCUT2D eigenvalue weighted by Gasteiger charge is -2.38. The number of aromatic nitrogens is 1. The SMILES string of the molecule is CCOC(=O)c1ccc(N2CCN(C(C=Cc3ccc(F)cc3)COC)CC2)nc1. The molecule has 30 heavy (non-hydrogen) atoms. The smallest absolute Gasteiger partial charge is 0.339 e. The molecular weight excluding hydrogens is 385 g/mol. The summed E-state index contributed by atoms with van der Waals surface area (Å²) in [6.45, 7) is 6.11. The molecule has 1 saturated heterocycles. The van der Waals surface area contributed by atoms with Crippen molar-refractivity contribution >= 4 is 17.9 Å². The summed E-state index contributed by atoms with van der Waals surface area (Å²) < 4.78 is 23.5. The zero-order valence-corrected chi connectivity index (χ0v) is 17.5. The molecule has 1 atom stereocenters. The molecule has 0 bridgehead atoms. The third-order valence-electron chi connectivity index (χ3n) is 5.08. The quantitative estimate of drug-likeness (QED) is 0.620. The van der Waals surface area contributed by atoms with Crippen LogP contribution >= 0.6 is 0 Å². The van der Waals surface area contributed by atoms with Gasteiger partial charge in [-0.05, 0) is 36.8 Å². The van der Waals surface area contributed by atoms with Gasteiger partial charge in [0.2, 0.25) is 0 Å². The predicted octanol–water partition coefficient (Wildman–Crippen LogP) is 3.25. The van der Waals surface area contributed by atoms with Crippen molar-refractivity contribution in [1.29, 1.82) is 0 Å². The highest BCUT2D eigenvalue weighted by Gasteiger charge is 2.23. The summed E-state index contributed by atoms with van der Waals surface area (Å²) in [7, 11) is 1.70. The molecule has 6 nitrogen and oxygen atoms in total. The van der Waals surface area contributed by atoms with E-state index in [9.17, 15) is 9.18 Å². The number of hydrogen-bond donors (Lipinski definition) is 0. The molecule has 2 heterocycles. The highest BCUT2D eigenvalue weighted by atomic mass is 19.1. The van der Waals surface area contributed by atoms with E-state index < -0.39 is 0 Å². The molecular formula is C23H28FN3O3. The van der Waals surface area contributed by atoms with E-state index in [1.807, 2.05) is 12.1 Å². The Bertz CT molecular complexity index is 832. The van der Waals surface area contributed by atoms with Crippen LogP contribution in [0.1, 0.15) is 22.8 Å². The number of anilines is 1. The molecule has 0 radical (unpaired) electrons. The van der Waals surface area contributed by atoms with Crippen LogP contribution in [-0.2, 0) is 9.47 Å². The van der Waals surface area contributed by atoms with Gasteiger partial charge in [0.1, 0.15) is 11.6 Å². The first-order chi connectivity index (χ1) is 14.6. The number of ether oxygens (including phenoxy) is 2. The number of piperazine rings is 1. The summed E-state index contributed by atoms with van der Waals surface area (Å²) in [6, 6.07) is 10.2. The Labute approximate surface area is 176 Å². The number of methoxy groups -OCH3 is 1. The van der Waals surface area contributed by atoms with Gasteiger partial charge in [0.15, 0.2) is 0 Å². The van der Waals surface area contributed by atoms with Crippen molar-refractivity contribution in [2.24, 2.45) is 0 Å². The molecule has 1 unspecified atom stereocenters. The lowest BCUT2D eigenvalue weighted by Crippen LogP contribution is -2.51. The van der Waals surface area contributed by atoms with E-state index in [-0.39, 0.29) is 17.8 Å². The van der Waals surface area contributed by atoms with E-state index in [2.05, 4.69) is 20.9 Å². The van der Waals surface area contributed by atoms with Crippen LogP contribution in [0.2, 0.25) is 0 Å². The van der Waals surface area contributed by atoms with Gasteiger partial charge in [-0.15, -0.1) is 0 Å². The van der Waals surface area contributed by atoms with E-state index in [0.29, 0.717) is 18.8 Å². The van der Waals surface area contributed by atoms with Gasteiger partial charge >= 0.3 is 5.97 Å². The zero-order chi connectivity index (χ0) is 21.3. The normalized spacial score (nSPS) is 16.0. The number of esters is 1.